The molecule has 1 aliphatic rings. The van der Waals surface area contributed by atoms with E-state index >= 15 is 0 Å². The molecule has 190 valence electrons. The molecule has 2 aromatic carbocycles. The molecular formula is C23H21N7O6S. The van der Waals surface area contributed by atoms with Crippen molar-refractivity contribution in [1.29, 1.82) is 0 Å². The molecule has 4 rings (SSSR count). The Morgan fingerprint density at radius 2 is 1.92 bits per heavy atom. The van der Waals surface area contributed by atoms with E-state index in [9.17, 15) is 24.8 Å². The number of aryl methyl sites for hydroxylation is 1. The van der Waals surface area contributed by atoms with Crippen molar-refractivity contribution in [3.8, 4) is 0 Å². The maximum Gasteiger partial charge on any atom is 0.307 e. The third-order valence-electron chi connectivity index (χ3n) is 5.70. The van der Waals surface area contributed by atoms with Gasteiger partial charge in [-0.05, 0) is 47.1 Å². The van der Waals surface area contributed by atoms with E-state index in [1.165, 1.54) is 45.8 Å². The molecule has 1 atom stereocenters. The van der Waals surface area contributed by atoms with Crippen molar-refractivity contribution in [2.45, 2.75) is 19.0 Å². The largest absolute Gasteiger partial charge is 0.862 e. The number of aromatic nitrogens is 2. The third-order valence-corrected chi connectivity index (χ3v) is 6.21. The number of non-ortho nitro benzene ring substituents is 1. The van der Waals surface area contributed by atoms with Crippen LogP contribution < -0.4 is 15.1 Å². The van der Waals surface area contributed by atoms with Gasteiger partial charge in [0, 0.05) is 31.2 Å². The smallest absolute Gasteiger partial charge is 0.307 e. The fourth-order valence-electron chi connectivity index (χ4n) is 3.70. The average molecular weight is 524 g/mol. The molecule has 1 unspecified atom stereocenters. The lowest BCUT2D eigenvalue weighted by Gasteiger charge is -2.23. The van der Waals surface area contributed by atoms with E-state index in [0.717, 1.165) is 0 Å². The predicted molar refractivity (Wildman–Crippen MR) is 132 cm³/mol. The van der Waals surface area contributed by atoms with Crippen LogP contribution in [-0.2, 0) is 18.4 Å². The fraction of sp³-hybridized carbons (Fsp3) is 0.217. The molecule has 0 radical (unpaired) electrons. The molecule has 0 saturated carbocycles. The number of nitro groups is 1. The lowest BCUT2D eigenvalue weighted by Crippen LogP contribution is -2.43. The number of likely N-dealkylation sites (N-methyl/N-ethyl adjacent to an activating group) is 1. The molecule has 1 saturated heterocycles. The van der Waals surface area contributed by atoms with Gasteiger partial charge >= 0.3 is 5.88 Å². The molecule has 37 heavy (non-hydrogen) atoms. The summed E-state index contributed by atoms with van der Waals surface area (Å²) in [6, 6.07) is 12.7. The van der Waals surface area contributed by atoms with Crippen LogP contribution in [0.4, 0.5) is 17.3 Å². The van der Waals surface area contributed by atoms with Crippen LogP contribution in [0.3, 0.4) is 0 Å². The zero-order valence-corrected chi connectivity index (χ0v) is 20.5. The van der Waals surface area contributed by atoms with Crippen molar-refractivity contribution in [3.63, 3.8) is 0 Å². The maximum absolute atomic E-state index is 12.9. The minimum absolute atomic E-state index is 0.00872. The first-order chi connectivity index (χ1) is 17.7. The van der Waals surface area contributed by atoms with Crippen LogP contribution in [0.15, 0.2) is 64.1 Å². The lowest BCUT2D eigenvalue weighted by molar-refractivity contribution is -0.746. The number of hydrogen-bond acceptors (Lipinski definition) is 9. The summed E-state index contributed by atoms with van der Waals surface area (Å²) in [5.74, 6) is -1.35. The van der Waals surface area contributed by atoms with E-state index in [-0.39, 0.29) is 35.3 Å². The molecule has 0 bridgehead atoms. The predicted octanol–water partition coefficient (Wildman–Crippen LogP) is 1.07. The molecule has 2 amide bonds. The summed E-state index contributed by atoms with van der Waals surface area (Å²) in [7, 11) is 3.10. The van der Waals surface area contributed by atoms with Crippen LogP contribution in [0, 0.1) is 10.1 Å². The van der Waals surface area contributed by atoms with E-state index in [4.69, 9.17) is 16.7 Å². The highest BCUT2D eigenvalue weighted by atomic mass is 32.1. The van der Waals surface area contributed by atoms with Gasteiger partial charge in [-0.1, -0.05) is 18.2 Å². The van der Waals surface area contributed by atoms with Crippen molar-refractivity contribution in [3.05, 3.63) is 76.0 Å². The number of carbonyl (C=O) groups is 2. The van der Waals surface area contributed by atoms with Crippen LogP contribution in [0.1, 0.15) is 22.5 Å². The quantitative estimate of drug-likeness (QED) is 0.114. The summed E-state index contributed by atoms with van der Waals surface area (Å²) in [6.45, 7) is 0.00872. The molecule has 3 aromatic rings. The molecule has 1 aliphatic heterocycles. The third kappa shape index (κ3) is 5.43. The number of hydrogen-bond donors (Lipinski definition) is 1. The summed E-state index contributed by atoms with van der Waals surface area (Å²) in [4.78, 5) is 42.5. The van der Waals surface area contributed by atoms with Crippen LogP contribution in [0.2, 0.25) is 0 Å². The number of aliphatic imine (C=N–C) groups is 1. The van der Waals surface area contributed by atoms with Gasteiger partial charge in [0.1, 0.15) is 12.6 Å². The summed E-state index contributed by atoms with van der Waals surface area (Å²) in [5.41, 5.74) is 0.919. The number of nitrogens with one attached hydrogen (secondary N) is 1. The number of nitrogens with zero attached hydrogens (tertiary/aromatic N) is 6. The Bertz CT molecular complexity index is 1390. The Hall–Kier alpha value is -4.72. The molecule has 13 nitrogen and oxygen atoms in total. The topological polar surface area (TPSA) is 161 Å². The van der Waals surface area contributed by atoms with Crippen molar-refractivity contribution in [2.75, 3.05) is 12.4 Å². The minimum Gasteiger partial charge on any atom is -0.862 e. The first kappa shape index (κ1) is 25.4. The summed E-state index contributed by atoms with van der Waals surface area (Å²) < 4.78 is 6.68. The second-order valence-corrected chi connectivity index (χ2v) is 8.46. The van der Waals surface area contributed by atoms with E-state index in [2.05, 4.69) is 15.6 Å². The first-order valence-electron chi connectivity index (χ1n) is 10.9. The van der Waals surface area contributed by atoms with Crippen molar-refractivity contribution < 1.29 is 28.8 Å². The summed E-state index contributed by atoms with van der Waals surface area (Å²) in [6.07, 6.45) is -0.291. The molecule has 14 heteroatoms. The van der Waals surface area contributed by atoms with Crippen LogP contribution in [0.25, 0.3) is 0 Å². The second kappa shape index (κ2) is 10.5. The van der Waals surface area contributed by atoms with Crippen molar-refractivity contribution in [2.24, 2.45) is 12.0 Å². The molecule has 2 heterocycles. The number of benzene rings is 2. The van der Waals surface area contributed by atoms with E-state index in [1.54, 1.807) is 37.4 Å². The number of thiocarbonyl (C=S) groups is 1. The van der Waals surface area contributed by atoms with E-state index in [1.807, 2.05) is 0 Å². The van der Waals surface area contributed by atoms with Gasteiger partial charge in [-0.3, -0.25) is 39.4 Å². The molecule has 1 fully saturated rings. The number of nitro benzene ring substituents is 1. The Kier molecular flexibility index (Phi) is 7.20. The maximum atomic E-state index is 12.9. The Balaban J connectivity index is 1.54. The molecular weight excluding hydrogens is 502 g/mol. The van der Waals surface area contributed by atoms with Gasteiger partial charge in [0.25, 0.3) is 23.2 Å². The number of carbonyl (C=O) groups excluding carboxylic acids is 2. The molecule has 1 aromatic heterocycles. The zero-order chi connectivity index (χ0) is 26.7. The number of anilines is 1. The van der Waals surface area contributed by atoms with Crippen molar-refractivity contribution in [1.82, 2.24) is 15.1 Å². The summed E-state index contributed by atoms with van der Waals surface area (Å²) >= 11 is 5.44. The zero-order valence-electron chi connectivity index (χ0n) is 19.7. The molecule has 0 aliphatic carbocycles. The van der Waals surface area contributed by atoms with Gasteiger partial charge in [-0.25, -0.2) is 0 Å². The second-order valence-electron chi connectivity index (χ2n) is 8.10. The monoisotopic (exact) mass is 523 g/mol. The van der Waals surface area contributed by atoms with Crippen LogP contribution >= 0.6 is 12.2 Å². The van der Waals surface area contributed by atoms with Gasteiger partial charge in [-0.2, -0.15) is 0 Å². The highest BCUT2D eigenvalue weighted by Crippen LogP contribution is 2.25. The first-order valence-corrected chi connectivity index (χ1v) is 11.3. The minimum atomic E-state index is -0.959. The van der Waals surface area contributed by atoms with Gasteiger partial charge in [-0.15, -0.1) is 0 Å². The lowest BCUT2D eigenvalue weighted by atomic mass is 10.1. The van der Waals surface area contributed by atoms with E-state index in [0.29, 0.717) is 11.3 Å². The van der Waals surface area contributed by atoms with Crippen molar-refractivity contribution >= 4 is 52.3 Å². The van der Waals surface area contributed by atoms with Crippen LogP contribution in [0.5, 0.6) is 0 Å². The van der Waals surface area contributed by atoms with Gasteiger partial charge in [0.15, 0.2) is 12.2 Å². The van der Waals surface area contributed by atoms with Gasteiger partial charge in [0.2, 0.25) is 5.27 Å². The number of amides is 2. The normalized spacial score (nSPS) is 15.8. The van der Waals surface area contributed by atoms with Crippen LogP contribution in [-0.4, -0.2) is 55.9 Å². The Labute approximate surface area is 215 Å². The van der Waals surface area contributed by atoms with Gasteiger partial charge in [0.05, 0.1) is 10.6 Å². The molecule has 0 spiro atoms. The van der Waals surface area contributed by atoms with E-state index < -0.39 is 28.7 Å². The standard InChI is InChI=1S/C23H21N7O6S/c1-27-22(33)17(12-19(31)24-15-8-10-16(11-9-15)30(34)35)29(23(27)37)13-18-21(36-26-28(18)2)25-20(32)14-6-4-3-5-7-14/h3-11,17H,12-13H2,1-2H3,(H-,24,25,26,31,32). The summed E-state index contributed by atoms with van der Waals surface area (Å²) in [5, 5.41) is 30.2. The Morgan fingerprint density at radius 1 is 1.24 bits per heavy atom. The highest BCUT2D eigenvalue weighted by Gasteiger charge is 2.42. The molecule has 1 N–H and O–H groups in total. The SMILES string of the molecule is CN1C(=O)C(CC([O-])=Nc2ccc([N+](=O)[O-])cc2)N(Cc2c(NC(=O)c3ccccc3)on[n+]2C)C1=S. The Morgan fingerprint density at radius 3 is 2.57 bits per heavy atom. The average Bonchev–Trinajstić information content (AvgIpc) is 3.32. The fourth-order valence-corrected chi connectivity index (χ4v) is 3.98. The van der Waals surface area contributed by atoms with Gasteiger partial charge < -0.3 is 10.0 Å². The highest BCUT2D eigenvalue weighted by molar-refractivity contribution is 7.80. The number of rotatable bonds is 8.